The predicted octanol–water partition coefficient (Wildman–Crippen LogP) is 2.46. The second-order valence-corrected chi connectivity index (χ2v) is 9.25. The van der Waals surface area contributed by atoms with E-state index in [0.29, 0.717) is 5.15 Å². The summed E-state index contributed by atoms with van der Waals surface area (Å²) in [5.74, 6) is 0.409. The second kappa shape index (κ2) is 6.50. The molecule has 130 valence electrons. The highest BCUT2D eigenvalue weighted by molar-refractivity contribution is 7.90. The Morgan fingerprint density at radius 2 is 2.08 bits per heavy atom. The van der Waals surface area contributed by atoms with Crippen molar-refractivity contribution >= 4 is 37.9 Å². The minimum absolute atomic E-state index is 0.00869. The molecule has 5 nitrogen and oxygen atoms in total. The summed E-state index contributed by atoms with van der Waals surface area (Å²) in [7, 11) is -2.94. The van der Waals surface area contributed by atoms with E-state index in [4.69, 9.17) is 11.6 Å². The Hall–Kier alpha value is -1.37. The number of pyridine rings is 1. The number of anilines is 1. The summed E-state index contributed by atoms with van der Waals surface area (Å²) in [6, 6.07) is 5.87. The van der Waals surface area contributed by atoms with Crippen LogP contribution in [-0.4, -0.2) is 50.2 Å². The number of rotatable bonds is 5. The number of fused-ring (bicyclic) bond motifs is 1. The minimum Gasteiger partial charge on any atom is -0.396 e. The molecule has 1 aliphatic heterocycles. The average Bonchev–Trinajstić information content (AvgIpc) is 2.48. The molecule has 1 aliphatic rings. The van der Waals surface area contributed by atoms with Crippen molar-refractivity contribution in [2.75, 3.05) is 36.6 Å². The van der Waals surface area contributed by atoms with Crippen LogP contribution < -0.4 is 4.90 Å². The molecule has 3 rings (SSSR count). The number of sulfone groups is 1. The molecular weight excluding hydrogens is 348 g/mol. The first kappa shape index (κ1) is 17.5. The maximum atomic E-state index is 11.4. The molecule has 24 heavy (non-hydrogen) atoms. The number of nitrogens with zero attached hydrogens (tertiary/aromatic N) is 2. The zero-order valence-electron chi connectivity index (χ0n) is 13.7. The van der Waals surface area contributed by atoms with Gasteiger partial charge in [0.25, 0.3) is 0 Å². The number of aliphatic hydroxyl groups is 1. The van der Waals surface area contributed by atoms with E-state index in [1.54, 1.807) is 6.20 Å². The molecule has 1 N–H and O–H groups in total. The third-order valence-electron chi connectivity index (χ3n) is 4.52. The zero-order valence-corrected chi connectivity index (χ0v) is 15.3. The molecule has 0 radical (unpaired) electrons. The highest BCUT2D eigenvalue weighted by atomic mass is 35.5. The maximum Gasteiger partial charge on any atom is 0.147 e. The van der Waals surface area contributed by atoms with Gasteiger partial charge in [0.15, 0.2) is 0 Å². The van der Waals surface area contributed by atoms with Crippen LogP contribution in [0.25, 0.3) is 10.8 Å². The molecule has 1 atom stereocenters. The monoisotopic (exact) mass is 368 g/mol. The Kier molecular flexibility index (Phi) is 4.73. The Labute approximate surface area is 147 Å². The topological polar surface area (TPSA) is 70.5 Å². The molecular formula is C17H21ClN2O3S. The van der Waals surface area contributed by atoms with Crippen molar-refractivity contribution in [3.05, 3.63) is 35.1 Å². The van der Waals surface area contributed by atoms with Crippen LogP contribution in [0.4, 0.5) is 5.69 Å². The van der Waals surface area contributed by atoms with E-state index < -0.39 is 9.84 Å². The first-order valence-electron chi connectivity index (χ1n) is 7.90. The molecule has 1 fully saturated rings. The smallest absolute Gasteiger partial charge is 0.147 e. The summed E-state index contributed by atoms with van der Waals surface area (Å²) >= 11 is 6.06. The Morgan fingerprint density at radius 3 is 2.71 bits per heavy atom. The van der Waals surface area contributed by atoms with Crippen molar-refractivity contribution < 1.29 is 13.5 Å². The van der Waals surface area contributed by atoms with Crippen molar-refractivity contribution in [3.8, 4) is 0 Å². The molecule has 0 spiro atoms. The summed E-state index contributed by atoms with van der Waals surface area (Å²) in [6.07, 6.45) is 3.03. The number of aliphatic hydroxyl groups excluding tert-OH is 1. The fraction of sp³-hybridized carbons (Fsp3) is 0.471. The molecule has 0 saturated carbocycles. The van der Waals surface area contributed by atoms with Gasteiger partial charge in [-0.15, -0.1) is 0 Å². The summed E-state index contributed by atoms with van der Waals surface area (Å²) in [6.45, 7) is 3.47. The fourth-order valence-electron chi connectivity index (χ4n) is 3.33. The first-order valence-corrected chi connectivity index (χ1v) is 10.3. The Morgan fingerprint density at radius 1 is 1.38 bits per heavy atom. The molecule has 7 heteroatoms. The van der Waals surface area contributed by atoms with E-state index in [0.717, 1.165) is 35.1 Å². The zero-order chi connectivity index (χ0) is 17.5. The highest BCUT2D eigenvalue weighted by Gasteiger charge is 2.31. The van der Waals surface area contributed by atoms with Gasteiger partial charge >= 0.3 is 0 Å². The van der Waals surface area contributed by atoms with E-state index in [1.807, 2.05) is 25.1 Å². The third kappa shape index (κ3) is 3.50. The van der Waals surface area contributed by atoms with E-state index in [1.165, 1.54) is 6.26 Å². The summed E-state index contributed by atoms with van der Waals surface area (Å²) < 4.78 is 22.8. The molecule has 2 aromatic rings. The van der Waals surface area contributed by atoms with E-state index in [2.05, 4.69) is 9.88 Å². The van der Waals surface area contributed by atoms with Crippen LogP contribution in [-0.2, 0) is 9.84 Å². The van der Waals surface area contributed by atoms with Crippen LogP contribution in [0.15, 0.2) is 24.4 Å². The van der Waals surface area contributed by atoms with Gasteiger partial charge in [-0.25, -0.2) is 13.4 Å². The van der Waals surface area contributed by atoms with Gasteiger partial charge < -0.3 is 10.0 Å². The lowest BCUT2D eigenvalue weighted by atomic mass is 9.93. The lowest BCUT2D eigenvalue weighted by Crippen LogP contribution is -2.49. The number of benzene rings is 1. The molecule has 0 amide bonds. The molecule has 1 saturated heterocycles. The maximum absolute atomic E-state index is 11.4. The van der Waals surface area contributed by atoms with Crippen molar-refractivity contribution in [2.24, 2.45) is 5.92 Å². The van der Waals surface area contributed by atoms with Gasteiger partial charge in [-0.1, -0.05) is 24.6 Å². The second-order valence-electron chi connectivity index (χ2n) is 6.67. The van der Waals surface area contributed by atoms with Gasteiger partial charge in [0, 0.05) is 55.1 Å². The standard InChI is InChI=1S/C17H21ClN2O3S/c1-11(9-21)13-3-4-16(15-6-19-17(18)5-14(13)15)20-7-12(8-20)10-24(2,22)23/h3-6,11-12,21H,7-10H2,1-2H3/t11-/m0/s1. The fourth-order valence-corrected chi connectivity index (χ4v) is 4.55. The van der Waals surface area contributed by atoms with Gasteiger partial charge in [0.2, 0.25) is 0 Å². The molecule has 0 bridgehead atoms. The van der Waals surface area contributed by atoms with Crippen molar-refractivity contribution in [2.45, 2.75) is 12.8 Å². The van der Waals surface area contributed by atoms with Gasteiger partial charge in [-0.05, 0) is 23.1 Å². The number of hydrogen-bond acceptors (Lipinski definition) is 5. The first-order chi connectivity index (χ1) is 11.3. The van der Waals surface area contributed by atoms with Gasteiger partial charge in [0.05, 0.1) is 5.75 Å². The quantitative estimate of drug-likeness (QED) is 0.821. The third-order valence-corrected chi connectivity index (χ3v) is 5.80. The molecule has 0 aliphatic carbocycles. The van der Waals surface area contributed by atoms with Crippen molar-refractivity contribution in [3.63, 3.8) is 0 Å². The lowest BCUT2D eigenvalue weighted by Gasteiger charge is -2.41. The summed E-state index contributed by atoms with van der Waals surface area (Å²) in [4.78, 5) is 6.36. The van der Waals surface area contributed by atoms with E-state index in [-0.39, 0.29) is 24.2 Å². The number of aromatic nitrogens is 1. The predicted molar refractivity (Wildman–Crippen MR) is 97.7 cm³/mol. The average molecular weight is 369 g/mol. The van der Waals surface area contributed by atoms with Crippen LogP contribution in [0, 0.1) is 5.92 Å². The number of hydrogen-bond donors (Lipinski definition) is 1. The Balaban J connectivity index is 1.94. The molecule has 2 heterocycles. The van der Waals surface area contributed by atoms with Gasteiger partial charge in [-0.3, -0.25) is 0 Å². The molecule has 1 aromatic heterocycles. The summed E-state index contributed by atoms with van der Waals surface area (Å²) in [5, 5.41) is 11.9. The largest absolute Gasteiger partial charge is 0.396 e. The molecule has 0 unspecified atom stereocenters. The molecule has 1 aromatic carbocycles. The van der Waals surface area contributed by atoms with Gasteiger partial charge in [-0.2, -0.15) is 0 Å². The lowest BCUT2D eigenvalue weighted by molar-refractivity contribution is 0.273. The number of halogens is 1. The SMILES string of the molecule is C[C@@H](CO)c1ccc(N2CC(CS(C)(=O)=O)C2)c2cnc(Cl)cc12. The van der Waals surface area contributed by atoms with E-state index >= 15 is 0 Å². The minimum atomic E-state index is -2.94. The van der Waals surface area contributed by atoms with Crippen LogP contribution in [0.2, 0.25) is 5.15 Å². The van der Waals surface area contributed by atoms with Gasteiger partial charge in [0.1, 0.15) is 15.0 Å². The van der Waals surface area contributed by atoms with Crippen molar-refractivity contribution in [1.82, 2.24) is 4.98 Å². The van der Waals surface area contributed by atoms with Crippen molar-refractivity contribution in [1.29, 1.82) is 0 Å². The highest BCUT2D eigenvalue weighted by Crippen LogP contribution is 2.36. The van der Waals surface area contributed by atoms with Crippen LogP contribution >= 0.6 is 11.6 Å². The van der Waals surface area contributed by atoms with Crippen LogP contribution in [0.1, 0.15) is 18.4 Å². The van der Waals surface area contributed by atoms with Crippen LogP contribution in [0.5, 0.6) is 0 Å². The normalized spacial score (nSPS) is 17.1. The Bertz CT molecular complexity index is 864. The van der Waals surface area contributed by atoms with Crippen LogP contribution in [0.3, 0.4) is 0 Å². The summed E-state index contributed by atoms with van der Waals surface area (Å²) in [5.41, 5.74) is 2.07. The van der Waals surface area contributed by atoms with E-state index in [9.17, 15) is 13.5 Å².